The van der Waals surface area contributed by atoms with E-state index in [4.69, 9.17) is 5.11 Å². The lowest BCUT2D eigenvalue weighted by Crippen LogP contribution is -2.12. The Morgan fingerprint density at radius 2 is 0.800 bits per heavy atom. The van der Waals surface area contributed by atoms with Gasteiger partial charge in [0.15, 0.2) is 0 Å². The van der Waals surface area contributed by atoms with Crippen LogP contribution >= 0.6 is 0 Å². The van der Waals surface area contributed by atoms with Crippen LogP contribution in [0, 0.1) is 0 Å². The Balaban J connectivity index is 3.06. The molecular formula is C27H54O3. The van der Waals surface area contributed by atoms with Crippen molar-refractivity contribution in [3.63, 3.8) is 0 Å². The third kappa shape index (κ3) is 25.5. The lowest BCUT2D eigenvalue weighted by molar-refractivity contribution is -0.139. The quantitative estimate of drug-likeness (QED) is 0.143. The van der Waals surface area contributed by atoms with E-state index in [1.165, 1.54) is 128 Å². The summed E-state index contributed by atoms with van der Waals surface area (Å²) in [5, 5.41) is 18.1. The molecule has 180 valence electrons. The molecule has 0 fully saturated rings. The monoisotopic (exact) mass is 426 g/mol. The molecule has 0 spiro atoms. The zero-order chi connectivity index (χ0) is 22.1. The number of hydrogen-bond acceptors (Lipinski definition) is 2. The van der Waals surface area contributed by atoms with Gasteiger partial charge >= 0.3 is 5.97 Å². The zero-order valence-electron chi connectivity index (χ0n) is 20.4. The average molecular weight is 427 g/mol. The molecule has 0 aliphatic rings. The standard InChI is InChI=1S/C27H54O3/c1-2-3-4-5-6-7-8-9-10-11-12-13-14-15-16-17-18-19-20-21-22-23-24-26(28)25-27(29)30/h26,28H,2-25H2,1H3,(H,29,30). The van der Waals surface area contributed by atoms with Gasteiger partial charge in [-0.2, -0.15) is 0 Å². The highest BCUT2D eigenvalue weighted by atomic mass is 16.4. The van der Waals surface area contributed by atoms with E-state index < -0.39 is 12.1 Å². The molecule has 3 nitrogen and oxygen atoms in total. The predicted molar refractivity (Wildman–Crippen MR) is 130 cm³/mol. The summed E-state index contributed by atoms with van der Waals surface area (Å²) in [4.78, 5) is 10.5. The van der Waals surface area contributed by atoms with Gasteiger partial charge in [-0.15, -0.1) is 0 Å². The van der Waals surface area contributed by atoms with E-state index in [0.29, 0.717) is 6.42 Å². The molecule has 1 unspecified atom stereocenters. The molecule has 0 amide bonds. The molecule has 0 heterocycles. The van der Waals surface area contributed by atoms with E-state index in [9.17, 15) is 9.90 Å². The van der Waals surface area contributed by atoms with Crippen molar-refractivity contribution in [3.8, 4) is 0 Å². The van der Waals surface area contributed by atoms with E-state index in [-0.39, 0.29) is 6.42 Å². The summed E-state index contributed by atoms with van der Waals surface area (Å²) in [6, 6.07) is 0. The second-order valence-corrected chi connectivity index (χ2v) is 9.46. The normalized spacial score (nSPS) is 12.3. The molecule has 30 heavy (non-hydrogen) atoms. The van der Waals surface area contributed by atoms with Gasteiger partial charge in [0.05, 0.1) is 12.5 Å². The van der Waals surface area contributed by atoms with E-state index in [2.05, 4.69) is 6.92 Å². The topological polar surface area (TPSA) is 57.5 Å². The molecule has 0 radical (unpaired) electrons. The van der Waals surface area contributed by atoms with Crippen LogP contribution in [0.15, 0.2) is 0 Å². The number of unbranched alkanes of at least 4 members (excludes halogenated alkanes) is 21. The van der Waals surface area contributed by atoms with Crippen molar-refractivity contribution in [2.75, 3.05) is 0 Å². The zero-order valence-corrected chi connectivity index (χ0v) is 20.4. The number of rotatable bonds is 25. The highest BCUT2D eigenvalue weighted by molar-refractivity contribution is 5.67. The molecule has 0 rings (SSSR count). The Hall–Kier alpha value is -0.570. The van der Waals surface area contributed by atoms with Crippen LogP contribution in [0.3, 0.4) is 0 Å². The van der Waals surface area contributed by atoms with Crippen LogP contribution < -0.4 is 0 Å². The first kappa shape index (κ1) is 29.4. The van der Waals surface area contributed by atoms with Crippen molar-refractivity contribution in [1.82, 2.24) is 0 Å². The molecule has 0 saturated heterocycles. The summed E-state index contributed by atoms with van der Waals surface area (Å²) < 4.78 is 0. The van der Waals surface area contributed by atoms with Crippen LogP contribution in [0.25, 0.3) is 0 Å². The first-order chi connectivity index (χ1) is 14.7. The Kier molecular flexibility index (Phi) is 24.2. The minimum atomic E-state index is -0.902. The van der Waals surface area contributed by atoms with Crippen LogP contribution in [0.4, 0.5) is 0 Å². The minimum Gasteiger partial charge on any atom is -0.481 e. The SMILES string of the molecule is CCCCCCCCCCCCCCCCCCCCCCCCC(O)CC(=O)O. The van der Waals surface area contributed by atoms with Crippen molar-refractivity contribution in [3.05, 3.63) is 0 Å². The van der Waals surface area contributed by atoms with Crippen molar-refractivity contribution in [1.29, 1.82) is 0 Å². The van der Waals surface area contributed by atoms with Crippen molar-refractivity contribution < 1.29 is 15.0 Å². The highest BCUT2D eigenvalue weighted by Gasteiger charge is 2.08. The number of carbonyl (C=O) groups is 1. The first-order valence-electron chi connectivity index (χ1n) is 13.6. The number of hydrogen-bond donors (Lipinski definition) is 2. The second-order valence-electron chi connectivity index (χ2n) is 9.46. The van der Waals surface area contributed by atoms with Crippen LogP contribution in [0.5, 0.6) is 0 Å². The van der Waals surface area contributed by atoms with Crippen molar-refractivity contribution in [2.24, 2.45) is 0 Å². The van der Waals surface area contributed by atoms with Crippen molar-refractivity contribution >= 4 is 5.97 Å². The fraction of sp³-hybridized carbons (Fsp3) is 0.963. The van der Waals surface area contributed by atoms with Crippen LogP contribution in [-0.2, 0) is 4.79 Å². The van der Waals surface area contributed by atoms with E-state index >= 15 is 0 Å². The smallest absolute Gasteiger partial charge is 0.305 e. The average Bonchev–Trinajstić information content (AvgIpc) is 2.71. The van der Waals surface area contributed by atoms with Gasteiger partial charge in [0.25, 0.3) is 0 Å². The van der Waals surface area contributed by atoms with Gasteiger partial charge in [-0.25, -0.2) is 0 Å². The summed E-state index contributed by atoms with van der Waals surface area (Å²) in [6.07, 6.45) is 30.0. The summed E-state index contributed by atoms with van der Waals surface area (Å²) in [6.45, 7) is 2.29. The maximum Gasteiger partial charge on any atom is 0.305 e. The van der Waals surface area contributed by atoms with Gasteiger partial charge in [-0.05, 0) is 6.42 Å². The number of carboxylic acids is 1. The molecule has 0 aromatic carbocycles. The summed E-state index contributed by atoms with van der Waals surface area (Å²) >= 11 is 0. The maximum absolute atomic E-state index is 10.5. The van der Waals surface area contributed by atoms with E-state index in [1.54, 1.807) is 0 Å². The number of aliphatic carboxylic acids is 1. The van der Waals surface area contributed by atoms with Gasteiger partial charge in [-0.1, -0.05) is 148 Å². The summed E-state index contributed by atoms with van der Waals surface area (Å²) in [5.74, 6) is -0.902. The second kappa shape index (κ2) is 24.7. The largest absolute Gasteiger partial charge is 0.481 e. The number of aliphatic hydroxyl groups is 1. The molecule has 0 aliphatic carbocycles. The summed E-state index contributed by atoms with van der Waals surface area (Å²) in [7, 11) is 0. The Morgan fingerprint density at radius 1 is 0.533 bits per heavy atom. The molecular weight excluding hydrogens is 372 g/mol. The van der Waals surface area contributed by atoms with Gasteiger partial charge in [0.1, 0.15) is 0 Å². The first-order valence-corrected chi connectivity index (χ1v) is 13.6. The third-order valence-corrected chi connectivity index (χ3v) is 6.30. The van der Waals surface area contributed by atoms with Crippen LogP contribution in [-0.4, -0.2) is 22.3 Å². The Labute approximate surface area is 188 Å². The van der Waals surface area contributed by atoms with E-state index in [0.717, 1.165) is 12.8 Å². The summed E-state index contributed by atoms with van der Waals surface area (Å²) in [5.41, 5.74) is 0. The van der Waals surface area contributed by atoms with Gasteiger partial charge in [0.2, 0.25) is 0 Å². The molecule has 2 N–H and O–H groups in total. The van der Waals surface area contributed by atoms with Crippen LogP contribution in [0.2, 0.25) is 0 Å². The van der Waals surface area contributed by atoms with E-state index in [1.807, 2.05) is 0 Å². The minimum absolute atomic E-state index is 0.112. The van der Waals surface area contributed by atoms with Gasteiger partial charge in [0, 0.05) is 0 Å². The predicted octanol–water partition coefficient (Wildman–Crippen LogP) is 8.81. The fourth-order valence-electron chi connectivity index (χ4n) is 4.29. The fourth-order valence-corrected chi connectivity index (χ4v) is 4.29. The Bertz CT molecular complexity index is 343. The van der Waals surface area contributed by atoms with Gasteiger partial charge in [-0.3, -0.25) is 4.79 Å². The molecule has 0 aromatic heterocycles. The molecule has 0 aliphatic heterocycles. The van der Waals surface area contributed by atoms with Crippen LogP contribution in [0.1, 0.15) is 161 Å². The van der Waals surface area contributed by atoms with Crippen molar-refractivity contribution in [2.45, 2.75) is 167 Å². The number of carboxylic acid groups (broad SMARTS) is 1. The highest BCUT2D eigenvalue weighted by Crippen LogP contribution is 2.15. The molecule has 0 bridgehead atoms. The number of aliphatic hydroxyl groups excluding tert-OH is 1. The third-order valence-electron chi connectivity index (χ3n) is 6.30. The molecule has 0 saturated carbocycles. The molecule has 0 aromatic rings. The lowest BCUT2D eigenvalue weighted by atomic mass is 10.0. The maximum atomic E-state index is 10.5. The lowest BCUT2D eigenvalue weighted by Gasteiger charge is -2.07. The molecule has 1 atom stereocenters. The van der Waals surface area contributed by atoms with Gasteiger partial charge < -0.3 is 10.2 Å². The Morgan fingerprint density at radius 3 is 1.07 bits per heavy atom. The molecule has 3 heteroatoms.